The molecule has 1 N–H and O–H groups in total. The number of rotatable bonds is 4. The van der Waals surface area contributed by atoms with Crippen molar-refractivity contribution in [2.45, 2.75) is 32.7 Å². The molecular weight excluding hydrogens is 212 g/mol. The first-order valence-corrected chi connectivity index (χ1v) is 5.30. The van der Waals surface area contributed by atoms with E-state index < -0.39 is 17.5 Å². The summed E-state index contributed by atoms with van der Waals surface area (Å²) in [7, 11) is 0. The van der Waals surface area contributed by atoms with Crippen LogP contribution >= 0.6 is 0 Å². The third-order valence-electron chi connectivity index (χ3n) is 2.27. The second kappa shape index (κ2) is 5.58. The topological polar surface area (TPSA) is 29.1 Å². The van der Waals surface area contributed by atoms with E-state index in [1.807, 2.05) is 13.8 Å². The second-order valence-corrected chi connectivity index (χ2v) is 3.79. The predicted octanol–water partition coefficient (Wildman–Crippen LogP) is 2.88. The van der Waals surface area contributed by atoms with Crippen molar-refractivity contribution in [1.29, 1.82) is 0 Å². The van der Waals surface area contributed by atoms with Crippen molar-refractivity contribution < 1.29 is 13.6 Å². The van der Waals surface area contributed by atoms with E-state index in [9.17, 15) is 13.6 Å². The van der Waals surface area contributed by atoms with Gasteiger partial charge in [-0.3, -0.25) is 4.79 Å². The molecular formula is C12H15F2NO. The molecule has 0 saturated heterocycles. The summed E-state index contributed by atoms with van der Waals surface area (Å²) in [6, 6.07) is 2.92. The highest BCUT2D eigenvalue weighted by molar-refractivity contribution is 5.94. The molecule has 1 aromatic carbocycles. The van der Waals surface area contributed by atoms with Gasteiger partial charge in [0.15, 0.2) is 0 Å². The van der Waals surface area contributed by atoms with E-state index in [2.05, 4.69) is 5.32 Å². The summed E-state index contributed by atoms with van der Waals surface area (Å²) in [5.41, 5.74) is -0.121. The van der Waals surface area contributed by atoms with Gasteiger partial charge in [-0.2, -0.15) is 0 Å². The van der Waals surface area contributed by atoms with Crippen molar-refractivity contribution in [3.05, 3.63) is 35.4 Å². The van der Waals surface area contributed by atoms with Gasteiger partial charge in [0.25, 0.3) is 5.91 Å². The normalized spacial score (nSPS) is 12.2. The molecule has 0 saturated carbocycles. The van der Waals surface area contributed by atoms with Crippen molar-refractivity contribution in [3.63, 3.8) is 0 Å². The van der Waals surface area contributed by atoms with E-state index in [1.54, 1.807) is 0 Å². The fourth-order valence-electron chi connectivity index (χ4n) is 1.48. The summed E-state index contributed by atoms with van der Waals surface area (Å²) >= 11 is 0. The SMILES string of the molecule is CCC[C@@H](C)NC(=O)c1ccc(F)cc1F. The molecule has 0 spiro atoms. The Hall–Kier alpha value is -1.45. The lowest BCUT2D eigenvalue weighted by molar-refractivity contribution is 0.0934. The number of halogens is 2. The average Bonchev–Trinajstić information content (AvgIpc) is 2.17. The van der Waals surface area contributed by atoms with Gasteiger partial charge in [0.1, 0.15) is 11.6 Å². The number of carbonyl (C=O) groups is 1. The van der Waals surface area contributed by atoms with Gasteiger partial charge in [0.05, 0.1) is 5.56 Å². The van der Waals surface area contributed by atoms with E-state index in [1.165, 1.54) is 0 Å². The molecule has 0 aromatic heterocycles. The highest BCUT2D eigenvalue weighted by Crippen LogP contribution is 2.10. The zero-order valence-electron chi connectivity index (χ0n) is 9.39. The second-order valence-electron chi connectivity index (χ2n) is 3.79. The van der Waals surface area contributed by atoms with Crippen LogP contribution in [0.15, 0.2) is 18.2 Å². The van der Waals surface area contributed by atoms with Gasteiger partial charge >= 0.3 is 0 Å². The molecule has 1 aromatic rings. The molecule has 0 bridgehead atoms. The molecule has 0 fully saturated rings. The zero-order chi connectivity index (χ0) is 12.1. The maximum absolute atomic E-state index is 13.2. The Balaban J connectivity index is 2.73. The highest BCUT2D eigenvalue weighted by atomic mass is 19.1. The van der Waals surface area contributed by atoms with Crippen LogP contribution in [0.2, 0.25) is 0 Å². The minimum atomic E-state index is -0.832. The van der Waals surface area contributed by atoms with Crippen LogP contribution in [0.4, 0.5) is 8.78 Å². The van der Waals surface area contributed by atoms with Crippen molar-refractivity contribution in [2.75, 3.05) is 0 Å². The molecule has 0 radical (unpaired) electrons. The van der Waals surface area contributed by atoms with Crippen molar-refractivity contribution >= 4 is 5.91 Å². The van der Waals surface area contributed by atoms with Crippen LogP contribution in [-0.4, -0.2) is 11.9 Å². The Labute approximate surface area is 93.7 Å². The molecule has 4 heteroatoms. The molecule has 0 aliphatic carbocycles. The Morgan fingerprint density at radius 3 is 2.69 bits per heavy atom. The summed E-state index contributed by atoms with van der Waals surface area (Å²) < 4.78 is 25.9. The van der Waals surface area contributed by atoms with Crippen LogP contribution in [0.1, 0.15) is 37.0 Å². The third kappa shape index (κ3) is 3.29. The van der Waals surface area contributed by atoms with E-state index in [-0.39, 0.29) is 11.6 Å². The van der Waals surface area contributed by atoms with Gasteiger partial charge in [0.2, 0.25) is 0 Å². The molecule has 0 aliphatic rings. The van der Waals surface area contributed by atoms with Gasteiger partial charge in [-0.15, -0.1) is 0 Å². The maximum Gasteiger partial charge on any atom is 0.254 e. The Morgan fingerprint density at radius 1 is 1.44 bits per heavy atom. The fourth-order valence-corrected chi connectivity index (χ4v) is 1.48. The summed E-state index contributed by atoms with van der Waals surface area (Å²) in [6.07, 6.45) is 1.77. The van der Waals surface area contributed by atoms with Crippen molar-refractivity contribution in [1.82, 2.24) is 5.32 Å². The van der Waals surface area contributed by atoms with Gasteiger partial charge in [-0.25, -0.2) is 8.78 Å². The lowest BCUT2D eigenvalue weighted by Gasteiger charge is -2.12. The van der Waals surface area contributed by atoms with Crippen LogP contribution in [0.5, 0.6) is 0 Å². The first kappa shape index (κ1) is 12.6. The number of nitrogens with one attached hydrogen (secondary N) is 1. The molecule has 0 unspecified atom stereocenters. The predicted molar refractivity (Wildman–Crippen MR) is 58.2 cm³/mol. The lowest BCUT2D eigenvalue weighted by Crippen LogP contribution is -2.32. The van der Waals surface area contributed by atoms with Crippen LogP contribution in [0, 0.1) is 11.6 Å². The quantitative estimate of drug-likeness (QED) is 0.841. The van der Waals surface area contributed by atoms with Crippen LogP contribution in [0.25, 0.3) is 0 Å². The first-order chi connectivity index (χ1) is 7.54. The standard InChI is InChI=1S/C12H15F2NO/c1-3-4-8(2)15-12(16)10-6-5-9(13)7-11(10)14/h5-8H,3-4H2,1-2H3,(H,15,16)/t8-/m1/s1. The van der Waals surface area contributed by atoms with Crippen LogP contribution < -0.4 is 5.32 Å². The number of hydrogen-bond donors (Lipinski definition) is 1. The molecule has 0 aliphatic heterocycles. The van der Waals surface area contributed by atoms with Gasteiger partial charge in [0, 0.05) is 12.1 Å². The minimum Gasteiger partial charge on any atom is -0.349 e. The number of benzene rings is 1. The summed E-state index contributed by atoms with van der Waals surface area (Å²) in [6.45, 7) is 3.85. The van der Waals surface area contributed by atoms with Gasteiger partial charge in [-0.05, 0) is 25.5 Å². The highest BCUT2D eigenvalue weighted by Gasteiger charge is 2.14. The monoisotopic (exact) mass is 227 g/mol. The van der Waals surface area contributed by atoms with E-state index >= 15 is 0 Å². The van der Waals surface area contributed by atoms with Gasteiger partial charge in [-0.1, -0.05) is 13.3 Å². The van der Waals surface area contributed by atoms with Crippen molar-refractivity contribution in [2.24, 2.45) is 0 Å². The molecule has 1 amide bonds. The number of hydrogen-bond acceptors (Lipinski definition) is 1. The molecule has 1 rings (SSSR count). The number of amides is 1. The fraction of sp³-hybridized carbons (Fsp3) is 0.417. The zero-order valence-corrected chi connectivity index (χ0v) is 9.39. The molecule has 1 atom stereocenters. The first-order valence-electron chi connectivity index (χ1n) is 5.30. The molecule has 88 valence electrons. The number of carbonyl (C=O) groups excluding carboxylic acids is 1. The maximum atomic E-state index is 13.2. The average molecular weight is 227 g/mol. The lowest BCUT2D eigenvalue weighted by atomic mass is 10.1. The van der Waals surface area contributed by atoms with Crippen LogP contribution in [-0.2, 0) is 0 Å². The van der Waals surface area contributed by atoms with E-state index in [0.29, 0.717) is 6.07 Å². The van der Waals surface area contributed by atoms with Gasteiger partial charge < -0.3 is 5.32 Å². The molecule has 16 heavy (non-hydrogen) atoms. The minimum absolute atomic E-state index is 0.0121. The Morgan fingerprint density at radius 2 is 2.12 bits per heavy atom. The summed E-state index contributed by atoms with van der Waals surface area (Å²) in [4.78, 5) is 11.6. The van der Waals surface area contributed by atoms with Crippen molar-refractivity contribution in [3.8, 4) is 0 Å². The van der Waals surface area contributed by atoms with E-state index in [0.717, 1.165) is 25.0 Å². The summed E-state index contributed by atoms with van der Waals surface area (Å²) in [5.74, 6) is -2.02. The Bertz CT molecular complexity index is 379. The molecule has 0 heterocycles. The smallest absolute Gasteiger partial charge is 0.254 e. The van der Waals surface area contributed by atoms with E-state index in [4.69, 9.17) is 0 Å². The molecule has 2 nitrogen and oxygen atoms in total. The van der Waals surface area contributed by atoms with Crippen LogP contribution in [0.3, 0.4) is 0 Å². The third-order valence-corrected chi connectivity index (χ3v) is 2.27. The summed E-state index contributed by atoms with van der Waals surface area (Å²) in [5, 5.41) is 2.66. The largest absolute Gasteiger partial charge is 0.349 e. The Kier molecular flexibility index (Phi) is 4.40.